The van der Waals surface area contributed by atoms with Gasteiger partial charge >= 0.3 is 0 Å². The summed E-state index contributed by atoms with van der Waals surface area (Å²) in [4.78, 5) is 4.34. The van der Waals surface area contributed by atoms with E-state index in [0.717, 1.165) is 12.4 Å². The number of hydrogen-bond acceptors (Lipinski definition) is 4. The predicted octanol–water partition coefficient (Wildman–Crippen LogP) is 1.98. The van der Waals surface area contributed by atoms with Gasteiger partial charge < -0.3 is 5.32 Å². The highest BCUT2D eigenvalue weighted by atomic mass is 32.2. The van der Waals surface area contributed by atoms with Crippen LogP contribution in [-0.2, 0) is 10.0 Å². The Labute approximate surface area is 114 Å². The van der Waals surface area contributed by atoms with Crippen LogP contribution in [0.2, 0.25) is 0 Å². The summed E-state index contributed by atoms with van der Waals surface area (Å²) in [7, 11) is -2.00. The third-order valence-corrected chi connectivity index (χ3v) is 5.10. The van der Waals surface area contributed by atoms with Gasteiger partial charge in [-0.3, -0.25) is 0 Å². The number of nitrogens with zero attached hydrogens (tertiary/aromatic N) is 1. The molecule has 1 fully saturated rings. The van der Waals surface area contributed by atoms with Crippen molar-refractivity contribution in [1.29, 1.82) is 0 Å². The molecule has 0 amide bonds. The summed E-state index contributed by atoms with van der Waals surface area (Å²) in [5.74, 6) is 0.734. The Kier molecular flexibility index (Phi) is 4.10. The molecular formula is C13H21N3O2S. The van der Waals surface area contributed by atoms with Crippen molar-refractivity contribution < 1.29 is 8.42 Å². The van der Waals surface area contributed by atoms with Crippen LogP contribution in [0.15, 0.2) is 23.2 Å². The third-order valence-electron chi connectivity index (χ3n) is 3.70. The van der Waals surface area contributed by atoms with E-state index in [1.165, 1.54) is 38.9 Å². The molecule has 1 heterocycles. The van der Waals surface area contributed by atoms with Gasteiger partial charge in [-0.2, -0.15) is 0 Å². The summed E-state index contributed by atoms with van der Waals surface area (Å²) in [5, 5.41) is 3.30. The van der Waals surface area contributed by atoms with E-state index in [0.29, 0.717) is 5.41 Å². The van der Waals surface area contributed by atoms with E-state index < -0.39 is 10.0 Å². The first-order valence-corrected chi connectivity index (χ1v) is 8.13. The maximum atomic E-state index is 11.6. The molecule has 0 atom stereocenters. The minimum Gasteiger partial charge on any atom is -0.370 e. The van der Waals surface area contributed by atoms with Crippen molar-refractivity contribution in [2.45, 2.75) is 37.5 Å². The number of aromatic nitrogens is 1. The molecule has 5 nitrogen and oxygen atoms in total. The average molecular weight is 283 g/mol. The monoisotopic (exact) mass is 283 g/mol. The molecule has 0 bridgehead atoms. The van der Waals surface area contributed by atoms with Gasteiger partial charge in [-0.15, -0.1) is 0 Å². The molecule has 2 rings (SSSR count). The lowest BCUT2D eigenvalue weighted by molar-refractivity contribution is 0.485. The minimum absolute atomic E-state index is 0.190. The SMILES string of the molecule is CCCC1(CNc2ccc(S(=O)(=O)NC)cn2)CC1. The first-order chi connectivity index (χ1) is 9.01. The Hall–Kier alpha value is -1.14. The second-order valence-corrected chi connectivity index (χ2v) is 7.08. The Morgan fingerprint density at radius 1 is 1.37 bits per heavy atom. The largest absolute Gasteiger partial charge is 0.370 e. The number of anilines is 1. The summed E-state index contributed by atoms with van der Waals surface area (Å²) in [6.07, 6.45) is 6.38. The van der Waals surface area contributed by atoms with Gasteiger partial charge in [0.1, 0.15) is 10.7 Å². The Bertz CT molecular complexity index is 521. The van der Waals surface area contributed by atoms with Gasteiger partial charge in [0.25, 0.3) is 0 Å². The zero-order valence-electron chi connectivity index (χ0n) is 11.4. The lowest BCUT2D eigenvalue weighted by Crippen LogP contribution is -2.19. The molecular weight excluding hydrogens is 262 g/mol. The molecule has 1 aromatic heterocycles. The molecule has 0 unspecified atom stereocenters. The molecule has 1 aliphatic rings. The summed E-state index contributed by atoms with van der Waals surface area (Å²) < 4.78 is 25.4. The fourth-order valence-electron chi connectivity index (χ4n) is 2.26. The average Bonchev–Trinajstić information content (AvgIpc) is 3.18. The van der Waals surface area contributed by atoms with E-state index >= 15 is 0 Å². The van der Waals surface area contributed by atoms with E-state index in [4.69, 9.17) is 0 Å². The highest BCUT2D eigenvalue weighted by Crippen LogP contribution is 2.49. The number of rotatable bonds is 7. The first kappa shape index (κ1) is 14.3. The van der Waals surface area contributed by atoms with Gasteiger partial charge in [0.15, 0.2) is 0 Å². The van der Waals surface area contributed by atoms with E-state index in [1.54, 1.807) is 12.1 Å². The molecule has 1 aromatic rings. The molecule has 1 saturated carbocycles. The van der Waals surface area contributed by atoms with Crippen LogP contribution in [0, 0.1) is 5.41 Å². The molecule has 106 valence electrons. The summed E-state index contributed by atoms with van der Waals surface area (Å²) in [5.41, 5.74) is 0.451. The molecule has 6 heteroatoms. The standard InChI is InChI=1S/C13H21N3O2S/c1-3-6-13(7-8-13)10-16-12-5-4-11(9-15-12)19(17,18)14-2/h4-5,9,14H,3,6-8,10H2,1-2H3,(H,15,16). The fourth-order valence-corrected chi connectivity index (χ4v) is 2.94. The Balaban J connectivity index is 1.96. The van der Waals surface area contributed by atoms with Crippen LogP contribution in [-0.4, -0.2) is 27.0 Å². The topological polar surface area (TPSA) is 71.1 Å². The second kappa shape index (κ2) is 5.46. The molecule has 0 aliphatic heterocycles. The minimum atomic E-state index is -3.39. The van der Waals surface area contributed by atoms with Gasteiger partial charge in [0.2, 0.25) is 10.0 Å². The zero-order valence-corrected chi connectivity index (χ0v) is 12.3. The van der Waals surface area contributed by atoms with E-state index in [2.05, 4.69) is 21.9 Å². The van der Waals surface area contributed by atoms with Gasteiger partial charge in [-0.05, 0) is 43.9 Å². The molecule has 0 radical (unpaired) electrons. The molecule has 0 spiro atoms. The van der Waals surface area contributed by atoms with Gasteiger partial charge in [-0.1, -0.05) is 13.3 Å². The maximum Gasteiger partial charge on any atom is 0.241 e. The fraction of sp³-hybridized carbons (Fsp3) is 0.615. The number of pyridine rings is 1. The second-order valence-electron chi connectivity index (χ2n) is 5.19. The first-order valence-electron chi connectivity index (χ1n) is 6.65. The van der Waals surface area contributed by atoms with Crippen molar-refractivity contribution in [3.63, 3.8) is 0 Å². The van der Waals surface area contributed by atoms with Crippen molar-refractivity contribution >= 4 is 15.8 Å². The quantitative estimate of drug-likeness (QED) is 0.802. The summed E-state index contributed by atoms with van der Waals surface area (Å²) in [6, 6.07) is 3.28. The highest BCUT2D eigenvalue weighted by Gasteiger charge is 2.41. The van der Waals surface area contributed by atoms with Crippen molar-refractivity contribution in [2.75, 3.05) is 18.9 Å². The third kappa shape index (κ3) is 3.45. The van der Waals surface area contributed by atoms with E-state index in [-0.39, 0.29) is 4.90 Å². The summed E-state index contributed by atoms with van der Waals surface area (Å²) in [6.45, 7) is 3.13. The lowest BCUT2D eigenvalue weighted by Gasteiger charge is -2.15. The van der Waals surface area contributed by atoms with E-state index in [9.17, 15) is 8.42 Å². The van der Waals surface area contributed by atoms with Crippen molar-refractivity contribution in [2.24, 2.45) is 5.41 Å². The number of nitrogens with one attached hydrogen (secondary N) is 2. The van der Waals surface area contributed by atoms with Crippen LogP contribution in [0.5, 0.6) is 0 Å². The highest BCUT2D eigenvalue weighted by molar-refractivity contribution is 7.89. The number of sulfonamides is 1. The normalized spacial score (nSPS) is 17.2. The molecule has 19 heavy (non-hydrogen) atoms. The number of hydrogen-bond donors (Lipinski definition) is 2. The maximum absolute atomic E-state index is 11.6. The van der Waals surface area contributed by atoms with Gasteiger partial charge in [-0.25, -0.2) is 18.1 Å². The molecule has 2 N–H and O–H groups in total. The van der Waals surface area contributed by atoms with Crippen LogP contribution in [0.25, 0.3) is 0 Å². The lowest BCUT2D eigenvalue weighted by atomic mass is 10.0. The Morgan fingerprint density at radius 2 is 2.11 bits per heavy atom. The van der Waals surface area contributed by atoms with Gasteiger partial charge in [0.05, 0.1) is 0 Å². The van der Waals surface area contributed by atoms with Gasteiger partial charge in [0, 0.05) is 12.7 Å². The van der Waals surface area contributed by atoms with Crippen LogP contribution in [0.1, 0.15) is 32.6 Å². The predicted molar refractivity (Wildman–Crippen MR) is 75.5 cm³/mol. The van der Waals surface area contributed by atoms with Crippen LogP contribution < -0.4 is 10.0 Å². The van der Waals surface area contributed by atoms with Crippen LogP contribution in [0.4, 0.5) is 5.82 Å². The summed E-state index contributed by atoms with van der Waals surface area (Å²) >= 11 is 0. The van der Waals surface area contributed by atoms with Crippen molar-refractivity contribution in [3.05, 3.63) is 18.3 Å². The van der Waals surface area contributed by atoms with Crippen molar-refractivity contribution in [3.8, 4) is 0 Å². The molecule has 0 saturated heterocycles. The molecule has 1 aliphatic carbocycles. The van der Waals surface area contributed by atoms with Crippen LogP contribution in [0.3, 0.4) is 0 Å². The smallest absolute Gasteiger partial charge is 0.241 e. The van der Waals surface area contributed by atoms with Crippen LogP contribution >= 0.6 is 0 Å². The zero-order chi connectivity index (χ0) is 13.9. The van der Waals surface area contributed by atoms with E-state index in [1.807, 2.05) is 0 Å². The van der Waals surface area contributed by atoms with Crippen molar-refractivity contribution in [1.82, 2.24) is 9.71 Å². The Morgan fingerprint density at radius 3 is 2.58 bits per heavy atom. The molecule has 0 aromatic carbocycles.